The zero-order chi connectivity index (χ0) is 13.8. The summed E-state index contributed by atoms with van der Waals surface area (Å²) in [5.74, 6) is 0.554. The van der Waals surface area contributed by atoms with E-state index in [1.54, 1.807) is 6.07 Å². The van der Waals surface area contributed by atoms with Crippen LogP contribution in [-0.2, 0) is 6.61 Å². The Bertz CT molecular complexity index is 566. The first kappa shape index (κ1) is 13.6. The van der Waals surface area contributed by atoms with Gasteiger partial charge >= 0.3 is 0 Å². The van der Waals surface area contributed by atoms with Gasteiger partial charge in [0.15, 0.2) is 0 Å². The summed E-state index contributed by atoms with van der Waals surface area (Å²) in [6.07, 6.45) is 0. The molecule has 1 atom stereocenters. The highest BCUT2D eigenvalue weighted by Gasteiger charge is 2.08. The summed E-state index contributed by atoms with van der Waals surface area (Å²) >= 11 is 0. The molecule has 100 valence electrons. The molecular formula is C16H18FNO. The SMILES string of the molecule is Cc1cc(F)ccc1COc1ccccc1[C@H](C)N. The van der Waals surface area contributed by atoms with Crippen molar-refractivity contribution < 1.29 is 9.13 Å². The molecule has 2 aromatic rings. The van der Waals surface area contributed by atoms with Crippen molar-refractivity contribution in [2.45, 2.75) is 26.5 Å². The van der Waals surface area contributed by atoms with Gasteiger partial charge in [0, 0.05) is 11.6 Å². The standard InChI is InChI=1S/C16H18FNO/c1-11-9-14(17)8-7-13(11)10-19-16-6-4-3-5-15(16)12(2)18/h3-9,12H,10,18H2,1-2H3/t12-/m0/s1. The molecule has 0 aliphatic rings. The minimum Gasteiger partial charge on any atom is -0.489 e. The quantitative estimate of drug-likeness (QED) is 0.908. The van der Waals surface area contributed by atoms with Gasteiger partial charge in [0.2, 0.25) is 0 Å². The van der Waals surface area contributed by atoms with Gasteiger partial charge in [0.05, 0.1) is 0 Å². The zero-order valence-corrected chi connectivity index (χ0v) is 11.2. The molecule has 0 aliphatic heterocycles. The van der Waals surface area contributed by atoms with Crippen LogP contribution in [-0.4, -0.2) is 0 Å². The van der Waals surface area contributed by atoms with E-state index in [1.807, 2.05) is 38.1 Å². The van der Waals surface area contributed by atoms with Gasteiger partial charge in [-0.25, -0.2) is 4.39 Å². The van der Waals surface area contributed by atoms with Crippen molar-refractivity contribution in [3.63, 3.8) is 0 Å². The third-order valence-corrected chi connectivity index (χ3v) is 3.10. The summed E-state index contributed by atoms with van der Waals surface area (Å²) in [5, 5.41) is 0. The molecule has 3 heteroatoms. The third-order valence-electron chi connectivity index (χ3n) is 3.10. The second-order valence-corrected chi connectivity index (χ2v) is 4.69. The molecule has 0 amide bonds. The average Bonchev–Trinajstić information content (AvgIpc) is 2.38. The first-order valence-corrected chi connectivity index (χ1v) is 6.30. The normalized spacial score (nSPS) is 12.2. The Morgan fingerprint density at radius 3 is 2.63 bits per heavy atom. The minimum atomic E-state index is -0.225. The van der Waals surface area contributed by atoms with Crippen molar-refractivity contribution in [1.82, 2.24) is 0 Å². The Labute approximate surface area is 113 Å². The Kier molecular flexibility index (Phi) is 4.17. The number of hydrogen-bond acceptors (Lipinski definition) is 2. The molecule has 0 saturated carbocycles. The van der Waals surface area contributed by atoms with Gasteiger partial charge in [0.25, 0.3) is 0 Å². The van der Waals surface area contributed by atoms with Crippen LogP contribution in [0.15, 0.2) is 42.5 Å². The fourth-order valence-electron chi connectivity index (χ4n) is 1.96. The van der Waals surface area contributed by atoms with Gasteiger partial charge in [-0.15, -0.1) is 0 Å². The number of para-hydroxylation sites is 1. The topological polar surface area (TPSA) is 35.2 Å². The molecule has 2 rings (SSSR count). The van der Waals surface area contributed by atoms with E-state index in [0.29, 0.717) is 6.61 Å². The van der Waals surface area contributed by atoms with E-state index >= 15 is 0 Å². The first-order chi connectivity index (χ1) is 9.08. The monoisotopic (exact) mass is 259 g/mol. The minimum absolute atomic E-state index is 0.0782. The highest BCUT2D eigenvalue weighted by molar-refractivity contribution is 5.36. The predicted molar refractivity (Wildman–Crippen MR) is 74.5 cm³/mol. The van der Waals surface area contributed by atoms with Gasteiger partial charge in [-0.05, 0) is 43.2 Å². The fraction of sp³-hybridized carbons (Fsp3) is 0.250. The molecule has 0 radical (unpaired) electrons. The van der Waals surface area contributed by atoms with Crippen LogP contribution in [0.2, 0.25) is 0 Å². The Balaban J connectivity index is 2.14. The van der Waals surface area contributed by atoms with E-state index in [2.05, 4.69) is 0 Å². The summed E-state index contributed by atoms with van der Waals surface area (Å²) in [5.41, 5.74) is 8.74. The van der Waals surface area contributed by atoms with Crippen LogP contribution < -0.4 is 10.5 Å². The number of ether oxygens (including phenoxy) is 1. The fourth-order valence-corrected chi connectivity index (χ4v) is 1.96. The van der Waals surface area contributed by atoms with E-state index in [4.69, 9.17) is 10.5 Å². The maximum atomic E-state index is 13.0. The molecule has 0 heterocycles. The van der Waals surface area contributed by atoms with Crippen LogP contribution in [0, 0.1) is 12.7 Å². The summed E-state index contributed by atoms with van der Waals surface area (Å²) < 4.78 is 18.8. The van der Waals surface area contributed by atoms with Crippen LogP contribution in [0.5, 0.6) is 5.75 Å². The molecular weight excluding hydrogens is 241 g/mol. The molecule has 0 bridgehead atoms. The van der Waals surface area contributed by atoms with Gasteiger partial charge in [-0.3, -0.25) is 0 Å². The first-order valence-electron chi connectivity index (χ1n) is 6.30. The zero-order valence-electron chi connectivity index (χ0n) is 11.2. The highest BCUT2D eigenvalue weighted by Crippen LogP contribution is 2.24. The molecule has 0 saturated heterocycles. The molecule has 19 heavy (non-hydrogen) atoms. The van der Waals surface area contributed by atoms with Crippen molar-refractivity contribution in [1.29, 1.82) is 0 Å². The Hall–Kier alpha value is -1.87. The number of aryl methyl sites for hydroxylation is 1. The summed E-state index contributed by atoms with van der Waals surface area (Å²) in [4.78, 5) is 0. The van der Waals surface area contributed by atoms with Gasteiger partial charge in [0.1, 0.15) is 18.2 Å². The molecule has 0 aromatic heterocycles. The van der Waals surface area contributed by atoms with E-state index < -0.39 is 0 Å². The molecule has 0 unspecified atom stereocenters. The maximum Gasteiger partial charge on any atom is 0.124 e. The van der Waals surface area contributed by atoms with E-state index in [1.165, 1.54) is 12.1 Å². The van der Waals surface area contributed by atoms with Crippen molar-refractivity contribution in [3.05, 3.63) is 65.0 Å². The number of hydrogen-bond donors (Lipinski definition) is 1. The summed E-state index contributed by atoms with van der Waals surface area (Å²) in [6, 6.07) is 12.3. The number of halogens is 1. The molecule has 2 nitrogen and oxygen atoms in total. The maximum absolute atomic E-state index is 13.0. The average molecular weight is 259 g/mol. The highest BCUT2D eigenvalue weighted by atomic mass is 19.1. The lowest BCUT2D eigenvalue weighted by Gasteiger charge is -2.14. The lowest BCUT2D eigenvalue weighted by molar-refractivity contribution is 0.300. The van der Waals surface area contributed by atoms with Gasteiger partial charge in [-0.2, -0.15) is 0 Å². The van der Waals surface area contributed by atoms with Gasteiger partial charge < -0.3 is 10.5 Å². The third kappa shape index (κ3) is 3.32. The number of rotatable bonds is 4. The Morgan fingerprint density at radius 1 is 1.21 bits per heavy atom. The lowest BCUT2D eigenvalue weighted by atomic mass is 10.1. The molecule has 0 fully saturated rings. The Morgan fingerprint density at radius 2 is 1.95 bits per heavy atom. The lowest BCUT2D eigenvalue weighted by Crippen LogP contribution is -2.08. The number of nitrogens with two attached hydrogens (primary N) is 1. The molecule has 0 spiro atoms. The van der Waals surface area contributed by atoms with Crippen molar-refractivity contribution in [2.24, 2.45) is 5.73 Å². The van der Waals surface area contributed by atoms with Crippen LogP contribution in [0.4, 0.5) is 4.39 Å². The van der Waals surface area contributed by atoms with Crippen LogP contribution in [0.1, 0.15) is 29.7 Å². The van der Waals surface area contributed by atoms with E-state index in [9.17, 15) is 4.39 Å². The van der Waals surface area contributed by atoms with Crippen molar-refractivity contribution in [3.8, 4) is 5.75 Å². The summed E-state index contributed by atoms with van der Waals surface area (Å²) in [6.45, 7) is 4.21. The summed E-state index contributed by atoms with van der Waals surface area (Å²) in [7, 11) is 0. The van der Waals surface area contributed by atoms with Gasteiger partial charge in [-0.1, -0.05) is 24.3 Å². The van der Waals surface area contributed by atoms with Crippen LogP contribution in [0.25, 0.3) is 0 Å². The molecule has 2 aromatic carbocycles. The predicted octanol–water partition coefficient (Wildman–Crippen LogP) is 3.73. The second-order valence-electron chi connectivity index (χ2n) is 4.69. The van der Waals surface area contributed by atoms with Crippen molar-refractivity contribution in [2.75, 3.05) is 0 Å². The van der Waals surface area contributed by atoms with E-state index in [-0.39, 0.29) is 11.9 Å². The van der Waals surface area contributed by atoms with E-state index in [0.717, 1.165) is 22.4 Å². The molecule has 2 N–H and O–H groups in total. The largest absolute Gasteiger partial charge is 0.489 e. The number of benzene rings is 2. The smallest absolute Gasteiger partial charge is 0.124 e. The second kappa shape index (κ2) is 5.85. The van der Waals surface area contributed by atoms with Crippen LogP contribution in [0.3, 0.4) is 0 Å². The van der Waals surface area contributed by atoms with Crippen LogP contribution >= 0.6 is 0 Å². The van der Waals surface area contributed by atoms with Crippen molar-refractivity contribution >= 4 is 0 Å². The molecule has 0 aliphatic carbocycles.